The zero-order valence-electron chi connectivity index (χ0n) is 15.9. The fraction of sp³-hybridized carbons (Fsp3) is 0.381. The molecule has 0 saturated carbocycles. The minimum absolute atomic E-state index is 0.0708. The third kappa shape index (κ3) is 5.66. The molecule has 1 fully saturated rings. The molecule has 1 heterocycles. The van der Waals surface area contributed by atoms with Crippen LogP contribution in [-0.4, -0.2) is 37.8 Å². The van der Waals surface area contributed by atoms with Crippen molar-refractivity contribution in [3.05, 3.63) is 54.1 Å². The number of hydrogen-bond donors (Lipinski definition) is 1. The van der Waals surface area contributed by atoms with Crippen LogP contribution < -0.4 is 15.0 Å². The summed E-state index contributed by atoms with van der Waals surface area (Å²) in [5.74, 6) is -0.106. The van der Waals surface area contributed by atoms with Crippen molar-refractivity contribution in [3.63, 3.8) is 0 Å². The number of ether oxygens (including phenoxy) is 2. The fourth-order valence-corrected chi connectivity index (χ4v) is 3.32. The van der Waals surface area contributed by atoms with Crippen molar-refractivity contribution < 1.29 is 23.0 Å². The van der Waals surface area contributed by atoms with Gasteiger partial charge in [-0.3, -0.25) is 4.79 Å². The van der Waals surface area contributed by atoms with Crippen LogP contribution in [0.2, 0.25) is 0 Å². The largest absolute Gasteiger partial charge is 0.435 e. The number of morpholine rings is 1. The molecule has 2 aromatic carbocycles. The van der Waals surface area contributed by atoms with E-state index >= 15 is 0 Å². The highest BCUT2D eigenvalue weighted by Gasteiger charge is 2.22. The number of benzene rings is 2. The van der Waals surface area contributed by atoms with Crippen LogP contribution in [0, 0.1) is 0 Å². The van der Waals surface area contributed by atoms with Crippen molar-refractivity contribution in [2.45, 2.75) is 39.1 Å². The second-order valence-corrected chi connectivity index (χ2v) is 6.96. The summed E-state index contributed by atoms with van der Waals surface area (Å²) in [4.78, 5) is 14.5. The summed E-state index contributed by atoms with van der Waals surface area (Å²) in [5.41, 5.74) is 2.52. The van der Waals surface area contributed by atoms with Gasteiger partial charge in [0.2, 0.25) is 5.91 Å². The number of hydrogen-bond acceptors (Lipinski definition) is 4. The van der Waals surface area contributed by atoms with Crippen molar-refractivity contribution in [3.8, 4) is 5.75 Å². The van der Waals surface area contributed by atoms with Crippen molar-refractivity contribution in [1.29, 1.82) is 0 Å². The lowest BCUT2D eigenvalue weighted by Crippen LogP contribution is -2.45. The molecule has 2 atom stereocenters. The van der Waals surface area contributed by atoms with Gasteiger partial charge in [0.15, 0.2) is 0 Å². The minimum atomic E-state index is -2.86. The molecule has 1 saturated heterocycles. The van der Waals surface area contributed by atoms with Gasteiger partial charge in [0, 0.05) is 24.5 Å². The Morgan fingerprint density at radius 1 is 1.11 bits per heavy atom. The average Bonchev–Trinajstić information content (AvgIpc) is 2.63. The Labute approximate surface area is 163 Å². The molecule has 150 valence electrons. The van der Waals surface area contributed by atoms with E-state index in [0.29, 0.717) is 11.3 Å². The highest BCUT2D eigenvalue weighted by molar-refractivity contribution is 5.92. The molecule has 0 aromatic heterocycles. The van der Waals surface area contributed by atoms with Crippen LogP contribution in [0.15, 0.2) is 48.5 Å². The third-order valence-corrected chi connectivity index (χ3v) is 4.45. The number of nitrogens with one attached hydrogen (secondary N) is 1. The van der Waals surface area contributed by atoms with Crippen LogP contribution in [0.4, 0.5) is 20.2 Å². The average molecular weight is 390 g/mol. The monoisotopic (exact) mass is 390 g/mol. The normalized spacial score (nSPS) is 19.5. The van der Waals surface area contributed by atoms with Crippen molar-refractivity contribution in [1.82, 2.24) is 0 Å². The topological polar surface area (TPSA) is 50.8 Å². The van der Waals surface area contributed by atoms with Gasteiger partial charge in [-0.2, -0.15) is 8.78 Å². The maximum absolute atomic E-state index is 12.2. The second-order valence-electron chi connectivity index (χ2n) is 6.96. The predicted octanol–water partition coefficient (Wildman–Crippen LogP) is 4.08. The van der Waals surface area contributed by atoms with Gasteiger partial charge in [0.25, 0.3) is 0 Å². The fourth-order valence-electron chi connectivity index (χ4n) is 3.32. The molecular formula is C21H24F2N2O3. The van der Waals surface area contributed by atoms with Crippen molar-refractivity contribution in [2.24, 2.45) is 0 Å². The summed E-state index contributed by atoms with van der Waals surface area (Å²) in [5, 5.41) is 2.85. The lowest BCUT2D eigenvalue weighted by atomic mass is 10.1. The standard InChI is InChI=1S/C21H24F2N2O3/c1-14-12-25(13-15(2)27-14)18-7-5-17(6-8-18)24-20(26)11-16-3-9-19(10-4-16)28-21(22)23/h3-10,14-15,21H,11-13H2,1-2H3,(H,24,26). The molecule has 2 unspecified atom stereocenters. The Hall–Kier alpha value is -2.67. The van der Waals surface area contributed by atoms with E-state index in [9.17, 15) is 13.6 Å². The van der Waals surface area contributed by atoms with E-state index in [1.165, 1.54) is 12.1 Å². The van der Waals surface area contributed by atoms with Crippen LogP contribution in [0.25, 0.3) is 0 Å². The molecule has 1 aliphatic rings. The number of halogens is 2. The zero-order valence-corrected chi connectivity index (χ0v) is 15.9. The second kappa shape index (κ2) is 9.01. The van der Waals surface area contributed by atoms with E-state index in [0.717, 1.165) is 18.8 Å². The Morgan fingerprint density at radius 2 is 1.71 bits per heavy atom. The molecule has 28 heavy (non-hydrogen) atoms. The molecular weight excluding hydrogens is 366 g/mol. The highest BCUT2D eigenvalue weighted by Crippen LogP contribution is 2.22. The number of amides is 1. The first-order valence-corrected chi connectivity index (χ1v) is 9.23. The quantitative estimate of drug-likeness (QED) is 0.808. The number of carbonyl (C=O) groups excluding carboxylic acids is 1. The van der Waals surface area contributed by atoms with Gasteiger partial charge in [-0.15, -0.1) is 0 Å². The van der Waals surface area contributed by atoms with Gasteiger partial charge >= 0.3 is 6.61 Å². The molecule has 0 radical (unpaired) electrons. The van der Waals surface area contributed by atoms with Crippen molar-refractivity contribution in [2.75, 3.05) is 23.3 Å². The van der Waals surface area contributed by atoms with E-state index < -0.39 is 6.61 Å². The van der Waals surface area contributed by atoms with E-state index in [1.54, 1.807) is 12.1 Å². The molecule has 1 N–H and O–H groups in total. The van der Waals surface area contributed by atoms with Gasteiger partial charge < -0.3 is 19.7 Å². The molecule has 1 amide bonds. The lowest BCUT2D eigenvalue weighted by Gasteiger charge is -2.36. The number of anilines is 2. The van der Waals surface area contributed by atoms with Crippen molar-refractivity contribution >= 4 is 17.3 Å². The lowest BCUT2D eigenvalue weighted by molar-refractivity contribution is -0.115. The van der Waals surface area contributed by atoms with Gasteiger partial charge in [0.05, 0.1) is 18.6 Å². The minimum Gasteiger partial charge on any atom is -0.435 e. The summed E-state index contributed by atoms with van der Waals surface area (Å²) in [6, 6.07) is 13.8. The Balaban J connectivity index is 1.54. The molecule has 3 rings (SSSR count). The predicted molar refractivity (Wildman–Crippen MR) is 104 cm³/mol. The van der Waals surface area contributed by atoms with Gasteiger partial charge in [-0.25, -0.2) is 0 Å². The summed E-state index contributed by atoms with van der Waals surface area (Å²) >= 11 is 0. The summed E-state index contributed by atoms with van der Waals surface area (Å²) < 4.78 is 34.4. The number of rotatable bonds is 6. The number of nitrogens with zero attached hydrogens (tertiary/aromatic N) is 1. The van der Waals surface area contributed by atoms with Gasteiger partial charge in [-0.1, -0.05) is 12.1 Å². The third-order valence-electron chi connectivity index (χ3n) is 4.45. The Bertz CT molecular complexity index is 771. The SMILES string of the molecule is CC1CN(c2ccc(NC(=O)Cc3ccc(OC(F)F)cc3)cc2)CC(C)O1. The molecule has 2 aromatic rings. The number of alkyl halides is 2. The number of carbonyl (C=O) groups is 1. The Morgan fingerprint density at radius 3 is 2.29 bits per heavy atom. The van der Waals surface area contributed by atoms with Crippen LogP contribution in [0.5, 0.6) is 5.75 Å². The van der Waals surface area contributed by atoms with Crippen LogP contribution in [-0.2, 0) is 16.0 Å². The van der Waals surface area contributed by atoms with E-state index in [-0.39, 0.29) is 30.3 Å². The first-order valence-electron chi connectivity index (χ1n) is 9.23. The smallest absolute Gasteiger partial charge is 0.387 e. The summed E-state index contributed by atoms with van der Waals surface area (Å²) in [6.07, 6.45) is 0.510. The molecule has 0 spiro atoms. The van der Waals surface area contributed by atoms with E-state index in [4.69, 9.17) is 4.74 Å². The molecule has 0 bridgehead atoms. The molecule has 0 aliphatic carbocycles. The highest BCUT2D eigenvalue weighted by atomic mass is 19.3. The Kier molecular flexibility index (Phi) is 6.46. The van der Waals surface area contributed by atoms with E-state index in [1.807, 2.05) is 24.3 Å². The maximum atomic E-state index is 12.2. The first kappa shape index (κ1) is 20.1. The van der Waals surface area contributed by atoms with E-state index in [2.05, 4.69) is 28.8 Å². The molecule has 5 nitrogen and oxygen atoms in total. The summed E-state index contributed by atoms with van der Waals surface area (Å²) in [6.45, 7) is 2.93. The van der Waals surface area contributed by atoms with Crippen LogP contribution in [0.3, 0.4) is 0 Å². The van der Waals surface area contributed by atoms with Gasteiger partial charge in [-0.05, 0) is 55.8 Å². The van der Waals surface area contributed by atoms with Crippen LogP contribution in [0.1, 0.15) is 19.4 Å². The first-order chi connectivity index (χ1) is 13.4. The van der Waals surface area contributed by atoms with Gasteiger partial charge in [0.1, 0.15) is 5.75 Å². The maximum Gasteiger partial charge on any atom is 0.387 e. The zero-order chi connectivity index (χ0) is 20.1. The molecule has 1 aliphatic heterocycles. The van der Waals surface area contributed by atoms with Crippen LogP contribution >= 0.6 is 0 Å². The molecule has 7 heteroatoms. The summed E-state index contributed by atoms with van der Waals surface area (Å²) in [7, 11) is 0.